The molecule has 1 unspecified atom stereocenters. The quantitative estimate of drug-likeness (QED) is 0.687. The van der Waals surface area contributed by atoms with Crippen LogP contribution in [0.4, 0.5) is 0 Å². The van der Waals surface area contributed by atoms with Crippen LogP contribution in [0.5, 0.6) is 0 Å². The Hall–Kier alpha value is -1.24. The van der Waals surface area contributed by atoms with Gasteiger partial charge in [0.2, 0.25) is 0 Å². The lowest BCUT2D eigenvalue weighted by atomic mass is 10.1. The predicted molar refractivity (Wildman–Crippen MR) is 115 cm³/mol. The maximum absolute atomic E-state index is 13.2. The average molecular weight is 435 g/mol. The van der Waals surface area contributed by atoms with Crippen molar-refractivity contribution in [1.29, 1.82) is 0 Å². The van der Waals surface area contributed by atoms with Gasteiger partial charge in [-0.05, 0) is 51.1 Å². The number of fused-ring (bicyclic) bond motifs is 1. The van der Waals surface area contributed by atoms with Gasteiger partial charge < -0.3 is 4.90 Å². The van der Waals surface area contributed by atoms with E-state index in [-0.39, 0.29) is 11.6 Å². The first-order chi connectivity index (χ1) is 13.1. The molecule has 1 aromatic heterocycles. The lowest BCUT2D eigenvalue weighted by Gasteiger charge is -2.31. The van der Waals surface area contributed by atoms with Crippen molar-refractivity contribution in [2.45, 2.75) is 52.6 Å². The molecule has 2 heterocycles. The summed E-state index contributed by atoms with van der Waals surface area (Å²) in [6, 6.07) is 6.01. The summed E-state index contributed by atoms with van der Waals surface area (Å²) in [4.78, 5) is 23.2. The van der Waals surface area contributed by atoms with Crippen molar-refractivity contribution >= 4 is 26.8 Å². The van der Waals surface area contributed by atoms with E-state index >= 15 is 0 Å². The zero-order valence-corrected chi connectivity index (χ0v) is 18.3. The van der Waals surface area contributed by atoms with E-state index in [1.807, 2.05) is 29.7 Å². The Labute approximate surface area is 170 Å². The molecule has 0 amide bonds. The van der Waals surface area contributed by atoms with Gasteiger partial charge in [0, 0.05) is 30.7 Å². The summed E-state index contributed by atoms with van der Waals surface area (Å²) in [6.45, 7) is 12.6. The average Bonchev–Trinajstić information content (AvgIpc) is 2.92. The lowest BCUT2D eigenvalue weighted by molar-refractivity contribution is 0.177. The molecular weight excluding hydrogens is 404 g/mol. The largest absolute Gasteiger partial charge is 0.302 e. The van der Waals surface area contributed by atoms with Crippen LogP contribution in [-0.4, -0.2) is 52.1 Å². The second-order valence-corrected chi connectivity index (χ2v) is 8.22. The zero-order valence-electron chi connectivity index (χ0n) is 16.7. The van der Waals surface area contributed by atoms with E-state index in [1.54, 1.807) is 0 Å². The first-order valence-electron chi connectivity index (χ1n) is 10.2. The maximum Gasteiger partial charge on any atom is 0.261 e. The van der Waals surface area contributed by atoms with E-state index in [2.05, 4.69) is 39.6 Å². The summed E-state index contributed by atoms with van der Waals surface area (Å²) in [5.41, 5.74) is 0.874. The normalized spacial score (nSPS) is 17.9. The van der Waals surface area contributed by atoms with Gasteiger partial charge in [-0.25, -0.2) is 4.98 Å². The molecule has 0 spiro atoms. The molecule has 1 fully saturated rings. The third-order valence-corrected chi connectivity index (χ3v) is 6.13. The van der Waals surface area contributed by atoms with Crippen molar-refractivity contribution in [2.75, 3.05) is 32.7 Å². The van der Waals surface area contributed by atoms with Crippen LogP contribution in [0.2, 0.25) is 0 Å². The molecule has 0 radical (unpaired) electrons. The van der Waals surface area contributed by atoms with Crippen molar-refractivity contribution in [3.8, 4) is 0 Å². The molecular formula is C21H31BrN4O. The van der Waals surface area contributed by atoms with E-state index in [9.17, 15) is 4.79 Å². The third-order valence-electron chi connectivity index (χ3n) is 5.63. The molecule has 27 heavy (non-hydrogen) atoms. The van der Waals surface area contributed by atoms with Gasteiger partial charge in [-0.15, -0.1) is 0 Å². The van der Waals surface area contributed by atoms with Gasteiger partial charge in [0.15, 0.2) is 0 Å². The van der Waals surface area contributed by atoms with Crippen LogP contribution in [0.3, 0.4) is 0 Å². The predicted octanol–water partition coefficient (Wildman–Crippen LogP) is 4.05. The van der Waals surface area contributed by atoms with Crippen molar-refractivity contribution in [3.05, 3.63) is 38.9 Å². The Morgan fingerprint density at radius 2 is 1.93 bits per heavy atom. The molecule has 1 saturated heterocycles. The number of likely N-dealkylation sites (N-methyl/N-ethyl adjacent to an activating group) is 1. The molecule has 0 aliphatic carbocycles. The molecule has 1 aliphatic heterocycles. The minimum atomic E-state index is 0.0740. The molecule has 6 heteroatoms. The first kappa shape index (κ1) is 20.5. The van der Waals surface area contributed by atoms with Crippen molar-refractivity contribution in [1.82, 2.24) is 19.4 Å². The second kappa shape index (κ2) is 9.30. The van der Waals surface area contributed by atoms with Gasteiger partial charge in [-0.1, -0.05) is 36.2 Å². The molecule has 0 bridgehead atoms. The van der Waals surface area contributed by atoms with Crippen LogP contribution in [0.25, 0.3) is 10.9 Å². The Morgan fingerprint density at radius 3 is 2.63 bits per heavy atom. The number of nitrogens with zero attached hydrogens (tertiary/aromatic N) is 4. The third kappa shape index (κ3) is 4.44. The summed E-state index contributed by atoms with van der Waals surface area (Å²) in [5, 5.41) is 0.693. The zero-order chi connectivity index (χ0) is 19.4. The summed E-state index contributed by atoms with van der Waals surface area (Å²) < 4.78 is 2.80. The highest BCUT2D eigenvalue weighted by Gasteiger charge is 2.26. The number of rotatable bonds is 6. The molecule has 1 aliphatic rings. The number of aromatic nitrogens is 2. The lowest BCUT2D eigenvalue weighted by Crippen LogP contribution is -2.37. The highest BCUT2D eigenvalue weighted by molar-refractivity contribution is 9.10. The summed E-state index contributed by atoms with van der Waals surface area (Å²) in [5.74, 6) is 0.934. The molecule has 148 valence electrons. The molecule has 0 saturated carbocycles. The van der Waals surface area contributed by atoms with Crippen LogP contribution >= 0.6 is 15.9 Å². The molecule has 1 atom stereocenters. The highest BCUT2D eigenvalue weighted by Crippen LogP contribution is 2.27. The number of halogens is 1. The van der Waals surface area contributed by atoms with Crippen molar-refractivity contribution in [3.63, 3.8) is 0 Å². The molecule has 3 rings (SSSR count). The number of hydrogen-bond donors (Lipinski definition) is 0. The fourth-order valence-electron chi connectivity index (χ4n) is 4.14. The molecule has 1 aromatic carbocycles. The van der Waals surface area contributed by atoms with E-state index in [4.69, 9.17) is 4.98 Å². The smallest absolute Gasteiger partial charge is 0.261 e. The van der Waals surface area contributed by atoms with Crippen LogP contribution < -0.4 is 5.56 Å². The monoisotopic (exact) mass is 434 g/mol. The summed E-state index contributed by atoms with van der Waals surface area (Å²) >= 11 is 3.48. The van der Waals surface area contributed by atoms with Gasteiger partial charge in [-0.2, -0.15) is 0 Å². The van der Waals surface area contributed by atoms with Crippen molar-refractivity contribution < 1.29 is 0 Å². The minimum absolute atomic E-state index is 0.0740. The van der Waals surface area contributed by atoms with Gasteiger partial charge >= 0.3 is 0 Å². The summed E-state index contributed by atoms with van der Waals surface area (Å²) in [7, 11) is 0. The van der Waals surface area contributed by atoms with Gasteiger partial charge in [0.05, 0.1) is 16.9 Å². The Kier molecular flexibility index (Phi) is 7.06. The molecule has 0 N–H and O–H groups in total. The Balaban J connectivity index is 2.05. The second-order valence-electron chi connectivity index (χ2n) is 7.31. The fourth-order valence-corrected chi connectivity index (χ4v) is 4.50. The van der Waals surface area contributed by atoms with Crippen LogP contribution in [-0.2, 0) is 6.54 Å². The van der Waals surface area contributed by atoms with Crippen LogP contribution in [0.15, 0.2) is 27.5 Å². The number of benzene rings is 1. The molecule has 2 aromatic rings. The standard InChI is InChI=1S/C21H31BrN4O/c1-4-8-19(25-12-7-11-24(5-2)13-14-25)20-23-18-10-9-16(22)15-17(18)21(27)26(20)6-3/h9-10,15,19H,4-8,11-14H2,1-3H3. The number of hydrogen-bond acceptors (Lipinski definition) is 4. The van der Waals surface area contributed by atoms with Gasteiger partial charge in [0.1, 0.15) is 5.82 Å². The van der Waals surface area contributed by atoms with E-state index in [1.165, 1.54) is 6.42 Å². The fraction of sp³-hybridized carbons (Fsp3) is 0.619. The van der Waals surface area contributed by atoms with Gasteiger partial charge in [-0.3, -0.25) is 14.3 Å². The first-order valence-corrected chi connectivity index (χ1v) is 11.0. The van der Waals surface area contributed by atoms with Crippen molar-refractivity contribution in [2.24, 2.45) is 0 Å². The Morgan fingerprint density at radius 1 is 1.11 bits per heavy atom. The van der Waals surface area contributed by atoms with E-state index in [0.717, 1.165) is 61.4 Å². The minimum Gasteiger partial charge on any atom is -0.302 e. The van der Waals surface area contributed by atoms with Gasteiger partial charge in [0.25, 0.3) is 5.56 Å². The summed E-state index contributed by atoms with van der Waals surface area (Å²) in [6.07, 6.45) is 3.28. The molecule has 5 nitrogen and oxygen atoms in total. The van der Waals surface area contributed by atoms with E-state index < -0.39 is 0 Å². The van der Waals surface area contributed by atoms with Crippen LogP contribution in [0, 0.1) is 0 Å². The van der Waals surface area contributed by atoms with Crippen LogP contribution in [0.1, 0.15) is 51.9 Å². The highest BCUT2D eigenvalue weighted by atomic mass is 79.9. The SMILES string of the molecule is CCCC(c1nc2ccc(Br)cc2c(=O)n1CC)N1CCCN(CC)CC1. The Bertz CT molecular complexity index is 835. The van der Waals surface area contributed by atoms with E-state index in [0.29, 0.717) is 11.9 Å². The topological polar surface area (TPSA) is 41.4 Å². The maximum atomic E-state index is 13.2.